The molecule has 0 saturated carbocycles. The number of aromatic nitrogens is 1. The van der Waals surface area contributed by atoms with Crippen molar-refractivity contribution in [1.82, 2.24) is 4.57 Å². The van der Waals surface area contributed by atoms with E-state index in [4.69, 9.17) is 8.83 Å². The van der Waals surface area contributed by atoms with Gasteiger partial charge in [0.25, 0.3) is 0 Å². The van der Waals surface area contributed by atoms with Crippen LogP contribution in [0.5, 0.6) is 0 Å². The summed E-state index contributed by atoms with van der Waals surface area (Å²) in [5.74, 6) is 0. The fraction of sp³-hybridized carbons (Fsp3) is 0. The quantitative estimate of drug-likeness (QED) is 0.160. The summed E-state index contributed by atoms with van der Waals surface area (Å²) in [5.41, 5.74) is 17.0. The van der Waals surface area contributed by atoms with Gasteiger partial charge >= 0.3 is 0 Å². The maximum Gasteiger partial charge on any atom is 0.143 e. The Morgan fingerprint density at radius 2 is 0.868 bits per heavy atom. The highest BCUT2D eigenvalue weighted by molar-refractivity contribution is 6.16. The van der Waals surface area contributed by atoms with Gasteiger partial charge in [0, 0.05) is 60.2 Å². The highest BCUT2D eigenvalue weighted by Crippen LogP contribution is 2.45. The molecule has 4 nitrogen and oxygen atoms in total. The largest absolute Gasteiger partial charge is 0.456 e. The number of fused-ring (bicyclic) bond motifs is 11. The molecule has 4 heteroatoms. The lowest BCUT2D eigenvalue weighted by molar-refractivity contribution is 0.669. The van der Waals surface area contributed by atoms with E-state index in [1.165, 1.54) is 27.2 Å². The molecule has 0 aliphatic heterocycles. The van der Waals surface area contributed by atoms with Crippen LogP contribution in [-0.2, 0) is 0 Å². The van der Waals surface area contributed by atoms with Crippen LogP contribution in [0.15, 0.2) is 251 Å². The molecule has 3 aromatic heterocycles. The van der Waals surface area contributed by atoms with Gasteiger partial charge in [-0.1, -0.05) is 158 Å². The number of furan rings is 2. The first-order valence-corrected chi connectivity index (χ1v) is 23.2. The first-order valence-electron chi connectivity index (χ1n) is 23.2. The van der Waals surface area contributed by atoms with Crippen LogP contribution in [0.2, 0.25) is 0 Å². The zero-order chi connectivity index (χ0) is 44.7. The monoisotopic (exact) mass is 868 g/mol. The average molecular weight is 869 g/mol. The van der Waals surface area contributed by atoms with E-state index in [1.54, 1.807) is 0 Å². The van der Waals surface area contributed by atoms with Gasteiger partial charge in [-0.3, -0.25) is 0 Å². The van der Waals surface area contributed by atoms with Crippen LogP contribution in [0.4, 0.5) is 17.1 Å². The molecule has 0 radical (unpaired) electrons. The van der Waals surface area contributed by atoms with Crippen molar-refractivity contribution in [3.8, 4) is 39.1 Å². The molecule has 318 valence electrons. The van der Waals surface area contributed by atoms with Gasteiger partial charge in [-0.2, -0.15) is 0 Å². The van der Waals surface area contributed by atoms with Crippen molar-refractivity contribution < 1.29 is 8.83 Å². The second kappa shape index (κ2) is 15.2. The fourth-order valence-electron chi connectivity index (χ4n) is 10.6. The lowest BCUT2D eigenvalue weighted by Crippen LogP contribution is -2.11. The first kappa shape index (κ1) is 38.2. The van der Waals surface area contributed by atoms with E-state index >= 15 is 0 Å². The minimum absolute atomic E-state index is 0.877. The second-order valence-electron chi connectivity index (χ2n) is 17.6. The maximum atomic E-state index is 6.56. The number of benzene rings is 11. The van der Waals surface area contributed by atoms with E-state index in [1.807, 2.05) is 12.1 Å². The van der Waals surface area contributed by atoms with Gasteiger partial charge in [0.15, 0.2) is 0 Å². The van der Waals surface area contributed by atoms with Crippen molar-refractivity contribution in [2.24, 2.45) is 0 Å². The van der Waals surface area contributed by atoms with Gasteiger partial charge in [-0.25, -0.2) is 0 Å². The van der Waals surface area contributed by atoms with Crippen LogP contribution in [0.3, 0.4) is 0 Å². The molecule has 14 aromatic rings. The van der Waals surface area contributed by atoms with Crippen LogP contribution in [0.1, 0.15) is 0 Å². The Morgan fingerprint density at radius 3 is 1.65 bits per heavy atom. The molecule has 0 unspecified atom stereocenters. The number of para-hydroxylation sites is 5. The van der Waals surface area contributed by atoms with E-state index in [-0.39, 0.29) is 0 Å². The normalized spacial score (nSPS) is 11.8. The van der Waals surface area contributed by atoms with Gasteiger partial charge < -0.3 is 18.3 Å². The number of nitrogens with zero attached hydrogens (tertiary/aromatic N) is 2. The minimum atomic E-state index is 0.877. The van der Waals surface area contributed by atoms with Crippen molar-refractivity contribution in [2.45, 2.75) is 0 Å². The van der Waals surface area contributed by atoms with Gasteiger partial charge in [-0.05, 0) is 113 Å². The van der Waals surface area contributed by atoms with E-state index in [0.717, 1.165) is 105 Å². The van der Waals surface area contributed by atoms with Crippen LogP contribution in [0.25, 0.3) is 116 Å². The van der Waals surface area contributed by atoms with Crippen LogP contribution in [-0.4, -0.2) is 4.57 Å². The molecular weight excluding hydrogens is 829 g/mol. The molecule has 68 heavy (non-hydrogen) atoms. The third-order valence-electron chi connectivity index (χ3n) is 13.8. The Bertz CT molecular complexity index is 4210. The van der Waals surface area contributed by atoms with Crippen LogP contribution >= 0.6 is 0 Å². The molecule has 0 N–H and O–H groups in total. The SMILES string of the molecule is c1ccc(N(c2ccc(-c3ccc4c(c3)oc3ccccc34)cc2)c2ccc(-c3ccccc3-n3c4ccccc4c4ccccc43)cc2)c(-c2ccc3oc4c5ccccc5ccc4c3c2)c1. The van der Waals surface area contributed by atoms with E-state index in [0.29, 0.717) is 0 Å². The minimum Gasteiger partial charge on any atom is -0.456 e. The Balaban J connectivity index is 0.905. The van der Waals surface area contributed by atoms with Crippen molar-refractivity contribution in [1.29, 1.82) is 0 Å². The lowest BCUT2D eigenvalue weighted by Gasteiger charge is -2.28. The summed E-state index contributed by atoms with van der Waals surface area (Å²) in [4.78, 5) is 2.38. The highest BCUT2D eigenvalue weighted by atomic mass is 16.3. The van der Waals surface area contributed by atoms with E-state index in [2.05, 4.69) is 240 Å². The molecule has 0 amide bonds. The fourth-order valence-corrected chi connectivity index (χ4v) is 10.6. The second-order valence-corrected chi connectivity index (χ2v) is 17.6. The summed E-state index contributed by atoms with van der Waals surface area (Å²) < 4.78 is 15.3. The summed E-state index contributed by atoms with van der Waals surface area (Å²) in [6.45, 7) is 0. The third kappa shape index (κ3) is 6.01. The number of hydrogen-bond donors (Lipinski definition) is 0. The molecule has 0 fully saturated rings. The highest BCUT2D eigenvalue weighted by Gasteiger charge is 2.21. The number of rotatable bonds is 7. The Morgan fingerprint density at radius 1 is 0.309 bits per heavy atom. The Kier molecular flexibility index (Phi) is 8.55. The molecule has 3 heterocycles. The predicted octanol–water partition coefficient (Wildman–Crippen LogP) is 18.2. The average Bonchev–Trinajstić information content (AvgIpc) is 4.09. The third-order valence-corrected chi connectivity index (χ3v) is 13.8. The molecule has 0 bridgehead atoms. The van der Waals surface area contributed by atoms with Gasteiger partial charge in [0.1, 0.15) is 22.3 Å². The molecule has 11 aromatic carbocycles. The van der Waals surface area contributed by atoms with Gasteiger partial charge in [0.05, 0.1) is 22.4 Å². The van der Waals surface area contributed by atoms with Crippen molar-refractivity contribution >= 4 is 93.5 Å². The number of anilines is 3. The van der Waals surface area contributed by atoms with E-state index < -0.39 is 0 Å². The zero-order valence-electron chi connectivity index (χ0n) is 36.8. The number of hydrogen-bond acceptors (Lipinski definition) is 3. The molecule has 0 atom stereocenters. The zero-order valence-corrected chi connectivity index (χ0v) is 36.8. The summed E-state index contributed by atoms with van der Waals surface area (Å²) in [6, 6.07) is 87.0. The van der Waals surface area contributed by atoms with Crippen LogP contribution in [0, 0.1) is 0 Å². The molecular formula is C64H40N2O2. The summed E-state index contributed by atoms with van der Waals surface area (Å²) in [6.07, 6.45) is 0. The van der Waals surface area contributed by atoms with Gasteiger partial charge in [-0.15, -0.1) is 0 Å². The maximum absolute atomic E-state index is 6.56. The standard InChI is InChI=1S/C64H40N2O2/c1-2-16-50-42(13-1)29-37-55-56-39-45(31-38-62(56)68-64(50)55)49-15-4-8-20-57(49)65(46-32-25-41(26-33-46)44-30-36-54-53-19-7-12-24-61(53)67-63(54)40-44)47-34-27-43(28-35-47)48-14-3-9-21-58(48)66-59-22-10-5-17-51(59)52-18-6-11-23-60(52)66/h1-40H. The van der Waals surface area contributed by atoms with Crippen molar-refractivity contribution in [3.63, 3.8) is 0 Å². The first-order chi connectivity index (χ1) is 33.7. The van der Waals surface area contributed by atoms with E-state index in [9.17, 15) is 0 Å². The molecule has 0 saturated heterocycles. The Labute approximate surface area is 391 Å². The van der Waals surface area contributed by atoms with Crippen molar-refractivity contribution in [3.05, 3.63) is 243 Å². The summed E-state index contributed by atoms with van der Waals surface area (Å²) in [7, 11) is 0. The smallest absolute Gasteiger partial charge is 0.143 e. The summed E-state index contributed by atoms with van der Waals surface area (Å²) >= 11 is 0. The lowest BCUT2D eigenvalue weighted by atomic mass is 9.98. The van der Waals surface area contributed by atoms with Crippen LogP contribution < -0.4 is 4.90 Å². The molecule has 0 aliphatic carbocycles. The molecule has 0 spiro atoms. The summed E-state index contributed by atoms with van der Waals surface area (Å²) in [5, 5.41) is 9.26. The topological polar surface area (TPSA) is 34.5 Å². The van der Waals surface area contributed by atoms with Gasteiger partial charge in [0.2, 0.25) is 0 Å². The predicted molar refractivity (Wildman–Crippen MR) is 284 cm³/mol. The Hall–Kier alpha value is -9.12. The molecule has 0 aliphatic rings. The van der Waals surface area contributed by atoms with Crippen molar-refractivity contribution in [2.75, 3.05) is 4.90 Å². The molecule has 14 rings (SSSR count).